The highest BCUT2D eigenvalue weighted by atomic mass is 16.7. The standard InChI is InChI=1S/C23H41NO10/c1-20(2)7-9-29-11-13-31-15-17-33-19-18-32-16-14-30-12-10-28-8-3-4-23(27)34-24-21(25)5-6-22(24)26/h20H,3-19H2,1-2H3. The Kier molecular flexibility index (Phi) is 18.5. The molecule has 0 atom stereocenters. The van der Waals surface area contributed by atoms with Gasteiger partial charge in [0, 0.05) is 26.1 Å². The molecule has 1 aliphatic heterocycles. The Hall–Kier alpha value is -1.63. The van der Waals surface area contributed by atoms with Crippen LogP contribution in [0.2, 0.25) is 0 Å². The molecule has 0 aromatic heterocycles. The minimum absolute atomic E-state index is 0.0623. The fourth-order valence-corrected chi connectivity index (χ4v) is 2.64. The van der Waals surface area contributed by atoms with E-state index in [0.717, 1.165) is 13.0 Å². The Morgan fingerprint density at radius 3 is 1.47 bits per heavy atom. The van der Waals surface area contributed by atoms with Gasteiger partial charge in [-0.1, -0.05) is 13.8 Å². The molecule has 2 amide bonds. The normalized spacial score (nSPS) is 13.9. The fourth-order valence-electron chi connectivity index (χ4n) is 2.64. The van der Waals surface area contributed by atoms with Crippen LogP contribution in [0.15, 0.2) is 0 Å². The van der Waals surface area contributed by atoms with E-state index in [1.807, 2.05) is 0 Å². The Bertz CT molecular complexity index is 542. The lowest BCUT2D eigenvalue weighted by Gasteiger charge is -2.12. The lowest BCUT2D eigenvalue weighted by atomic mass is 10.1. The molecule has 0 saturated carbocycles. The summed E-state index contributed by atoms with van der Waals surface area (Å²) >= 11 is 0. The van der Waals surface area contributed by atoms with Crippen LogP contribution in [0.25, 0.3) is 0 Å². The molecule has 0 bridgehead atoms. The Morgan fingerprint density at radius 1 is 0.676 bits per heavy atom. The highest BCUT2D eigenvalue weighted by molar-refractivity contribution is 6.01. The molecule has 198 valence electrons. The molecule has 34 heavy (non-hydrogen) atoms. The maximum atomic E-state index is 11.6. The molecule has 1 aliphatic rings. The zero-order valence-electron chi connectivity index (χ0n) is 20.6. The molecule has 0 aromatic carbocycles. The zero-order valence-corrected chi connectivity index (χ0v) is 20.6. The summed E-state index contributed by atoms with van der Waals surface area (Å²) in [4.78, 5) is 39.1. The summed E-state index contributed by atoms with van der Waals surface area (Å²) < 4.78 is 32.5. The van der Waals surface area contributed by atoms with E-state index in [2.05, 4.69) is 13.8 Å². The van der Waals surface area contributed by atoms with Crippen molar-refractivity contribution in [3.05, 3.63) is 0 Å². The van der Waals surface area contributed by atoms with Gasteiger partial charge in [-0.25, -0.2) is 4.79 Å². The van der Waals surface area contributed by atoms with Gasteiger partial charge in [-0.3, -0.25) is 9.59 Å². The van der Waals surface area contributed by atoms with E-state index in [-0.39, 0.29) is 19.3 Å². The average Bonchev–Trinajstić information content (AvgIpc) is 3.11. The molecule has 0 radical (unpaired) electrons. The number of nitrogens with zero attached hydrogens (tertiary/aromatic N) is 1. The van der Waals surface area contributed by atoms with Crippen molar-refractivity contribution in [2.24, 2.45) is 5.92 Å². The minimum atomic E-state index is -0.626. The van der Waals surface area contributed by atoms with Crippen LogP contribution in [0, 0.1) is 5.92 Å². The third-order valence-electron chi connectivity index (χ3n) is 4.57. The number of ether oxygens (including phenoxy) is 6. The van der Waals surface area contributed by atoms with Gasteiger partial charge in [-0.15, -0.1) is 5.06 Å². The first-order valence-corrected chi connectivity index (χ1v) is 12.0. The van der Waals surface area contributed by atoms with E-state index < -0.39 is 17.8 Å². The van der Waals surface area contributed by atoms with Gasteiger partial charge >= 0.3 is 5.97 Å². The summed E-state index contributed by atoms with van der Waals surface area (Å²) in [6.07, 6.45) is 1.72. The second-order valence-electron chi connectivity index (χ2n) is 8.01. The van der Waals surface area contributed by atoms with Crippen molar-refractivity contribution in [1.82, 2.24) is 5.06 Å². The smallest absolute Gasteiger partial charge is 0.333 e. The molecule has 1 fully saturated rings. The first-order valence-electron chi connectivity index (χ1n) is 12.0. The van der Waals surface area contributed by atoms with Crippen molar-refractivity contribution in [2.45, 2.75) is 46.0 Å². The van der Waals surface area contributed by atoms with Gasteiger partial charge in [0.05, 0.1) is 72.5 Å². The van der Waals surface area contributed by atoms with E-state index in [9.17, 15) is 14.4 Å². The number of imide groups is 1. The molecule has 0 N–H and O–H groups in total. The molecule has 0 aliphatic carbocycles. The minimum Gasteiger partial charge on any atom is -0.379 e. The van der Waals surface area contributed by atoms with Gasteiger partial charge in [0.2, 0.25) is 0 Å². The van der Waals surface area contributed by atoms with E-state index in [0.29, 0.717) is 90.1 Å². The van der Waals surface area contributed by atoms with Crippen molar-refractivity contribution in [3.63, 3.8) is 0 Å². The van der Waals surface area contributed by atoms with Crippen LogP contribution in [0.1, 0.15) is 46.0 Å². The molecular weight excluding hydrogens is 450 g/mol. The molecule has 1 rings (SSSR count). The van der Waals surface area contributed by atoms with Crippen LogP contribution in [-0.2, 0) is 47.6 Å². The van der Waals surface area contributed by atoms with Gasteiger partial charge in [0.15, 0.2) is 0 Å². The van der Waals surface area contributed by atoms with Crippen LogP contribution >= 0.6 is 0 Å². The summed E-state index contributed by atoms with van der Waals surface area (Å²) in [7, 11) is 0. The molecule has 1 saturated heterocycles. The van der Waals surface area contributed by atoms with Crippen LogP contribution in [0.4, 0.5) is 0 Å². The number of hydroxylamine groups is 2. The van der Waals surface area contributed by atoms with Crippen LogP contribution in [0.3, 0.4) is 0 Å². The number of hydrogen-bond acceptors (Lipinski definition) is 10. The topological polar surface area (TPSA) is 119 Å². The quantitative estimate of drug-likeness (QED) is 0.154. The number of carbonyl (C=O) groups excluding carboxylic acids is 3. The monoisotopic (exact) mass is 491 g/mol. The maximum absolute atomic E-state index is 11.6. The second kappa shape index (κ2) is 20.7. The van der Waals surface area contributed by atoms with Crippen LogP contribution in [0.5, 0.6) is 0 Å². The molecule has 0 spiro atoms. The zero-order chi connectivity index (χ0) is 24.9. The van der Waals surface area contributed by atoms with E-state index in [1.165, 1.54) is 0 Å². The summed E-state index contributed by atoms with van der Waals surface area (Å²) in [6.45, 7) is 10.4. The summed E-state index contributed by atoms with van der Waals surface area (Å²) in [5.41, 5.74) is 0. The lowest BCUT2D eigenvalue weighted by molar-refractivity contribution is -0.197. The Balaban J connectivity index is 1.72. The third-order valence-corrected chi connectivity index (χ3v) is 4.57. The number of rotatable bonds is 23. The predicted octanol–water partition coefficient (Wildman–Crippen LogP) is 1.52. The largest absolute Gasteiger partial charge is 0.379 e. The Morgan fingerprint density at radius 2 is 1.06 bits per heavy atom. The van der Waals surface area contributed by atoms with Gasteiger partial charge in [0.1, 0.15) is 0 Å². The van der Waals surface area contributed by atoms with Crippen molar-refractivity contribution in [3.8, 4) is 0 Å². The summed E-state index contributed by atoms with van der Waals surface area (Å²) in [5, 5.41) is 0.549. The maximum Gasteiger partial charge on any atom is 0.333 e. The average molecular weight is 492 g/mol. The third kappa shape index (κ3) is 16.9. The SMILES string of the molecule is CC(C)CCOCCOCCOCCOCCOCCOCCCC(=O)ON1C(=O)CCC1=O. The lowest BCUT2D eigenvalue weighted by Crippen LogP contribution is -2.32. The number of carbonyl (C=O) groups is 3. The van der Waals surface area contributed by atoms with Crippen molar-refractivity contribution < 1.29 is 47.6 Å². The summed E-state index contributed by atoms with van der Waals surface area (Å²) in [6, 6.07) is 0. The number of hydrogen-bond donors (Lipinski definition) is 0. The predicted molar refractivity (Wildman–Crippen MR) is 121 cm³/mol. The van der Waals surface area contributed by atoms with E-state index in [4.69, 9.17) is 33.3 Å². The van der Waals surface area contributed by atoms with Crippen LogP contribution in [-0.4, -0.2) is 102 Å². The van der Waals surface area contributed by atoms with Gasteiger partial charge < -0.3 is 33.3 Å². The van der Waals surface area contributed by atoms with Gasteiger partial charge in [-0.2, -0.15) is 0 Å². The molecular formula is C23H41NO10. The molecule has 11 heteroatoms. The van der Waals surface area contributed by atoms with Gasteiger partial charge in [-0.05, 0) is 18.8 Å². The fraction of sp³-hybridized carbons (Fsp3) is 0.870. The molecule has 11 nitrogen and oxygen atoms in total. The highest BCUT2D eigenvalue weighted by Crippen LogP contribution is 2.12. The second-order valence-corrected chi connectivity index (χ2v) is 8.01. The summed E-state index contributed by atoms with van der Waals surface area (Å²) in [5.74, 6) is -0.937. The van der Waals surface area contributed by atoms with Crippen molar-refractivity contribution in [1.29, 1.82) is 0 Å². The highest BCUT2D eigenvalue weighted by Gasteiger charge is 2.32. The number of amides is 2. The van der Waals surface area contributed by atoms with Gasteiger partial charge in [0.25, 0.3) is 11.8 Å². The van der Waals surface area contributed by atoms with E-state index in [1.54, 1.807) is 0 Å². The molecule has 1 heterocycles. The molecule has 0 unspecified atom stereocenters. The van der Waals surface area contributed by atoms with Crippen molar-refractivity contribution >= 4 is 17.8 Å². The van der Waals surface area contributed by atoms with Crippen molar-refractivity contribution in [2.75, 3.05) is 79.3 Å². The van der Waals surface area contributed by atoms with Crippen LogP contribution < -0.4 is 0 Å². The Labute approximate surface area is 202 Å². The first-order chi connectivity index (χ1) is 16.5. The van der Waals surface area contributed by atoms with E-state index >= 15 is 0 Å². The molecule has 0 aromatic rings. The first kappa shape index (κ1) is 30.4.